The summed E-state index contributed by atoms with van der Waals surface area (Å²) in [4.78, 5) is 0. The molecule has 0 aliphatic rings. The van der Waals surface area contributed by atoms with Crippen molar-refractivity contribution in [2.45, 2.75) is 19.6 Å². The molecule has 0 saturated heterocycles. The Hall–Kier alpha value is -2.32. The molecular formula is C19H19NO. The molecule has 0 spiro atoms. The van der Waals surface area contributed by atoms with Gasteiger partial charge in [-0.25, -0.2) is 0 Å². The lowest BCUT2D eigenvalue weighted by atomic mass is 10.1. The van der Waals surface area contributed by atoms with Crippen LogP contribution in [0.3, 0.4) is 0 Å². The quantitative estimate of drug-likeness (QED) is 0.765. The van der Waals surface area contributed by atoms with Crippen LogP contribution in [0, 0.1) is 0 Å². The summed E-state index contributed by atoms with van der Waals surface area (Å²) < 4.78 is 5.94. The second kappa shape index (κ2) is 5.98. The van der Waals surface area contributed by atoms with E-state index in [4.69, 9.17) is 10.5 Å². The lowest BCUT2D eigenvalue weighted by molar-refractivity contribution is 0.307. The SMILES string of the molecule is CC(N)c1cccc(OCc2cccc3ccccc23)c1. The number of hydrogen-bond acceptors (Lipinski definition) is 2. The lowest BCUT2D eigenvalue weighted by Crippen LogP contribution is -2.05. The van der Waals surface area contributed by atoms with Crippen LogP contribution < -0.4 is 10.5 Å². The summed E-state index contributed by atoms with van der Waals surface area (Å²) in [6.45, 7) is 2.54. The number of benzene rings is 3. The van der Waals surface area contributed by atoms with Crippen LogP contribution in [0.25, 0.3) is 10.8 Å². The molecule has 0 saturated carbocycles. The summed E-state index contributed by atoms with van der Waals surface area (Å²) >= 11 is 0. The van der Waals surface area contributed by atoms with Crippen LogP contribution in [-0.2, 0) is 6.61 Å². The zero-order chi connectivity index (χ0) is 14.7. The summed E-state index contributed by atoms with van der Waals surface area (Å²) in [6.07, 6.45) is 0. The molecule has 0 bridgehead atoms. The normalized spacial score (nSPS) is 12.3. The highest BCUT2D eigenvalue weighted by Gasteiger charge is 2.04. The molecule has 1 atom stereocenters. The highest BCUT2D eigenvalue weighted by Crippen LogP contribution is 2.22. The molecule has 106 valence electrons. The maximum Gasteiger partial charge on any atom is 0.120 e. The molecule has 3 aromatic rings. The molecule has 0 aliphatic carbocycles. The van der Waals surface area contributed by atoms with Gasteiger partial charge in [-0.3, -0.25) is 0 Å². The summed E-state index contributed by atoms with van der Waals surface area (Å²) in [5.74, 6) is 0.859. The Bertz CT molecular complexity index is 744. The van der Waals surface area contributed by atoms with Crippen LogP contribution in [0.15, 0.2) is 66.7 Å². The Morgan fingerprint density at radius 1 is 0.952 bits per heavy atom. The van der Waals surface area contributed by atoms with Gasteiger partial charge in [0.1, 0.15) is 12.4 Å². The molecule has 2 nitrogen and oxygen atoms in total. The molecule has 2 heteroatoms. The highest BCUT2D eigenvalue weighted by atomic mass is 16.5. The summed E-state index contributed by atoms with van der Waals surface area (Å²) in [6, 6.07) is 22.7. The van der Waals surface area contributed by atoms with Crippen molar-refractivity contribution in [1.29, 1.82) is 0 Å². The van der Waals surface area contributed by atoms with Crippen molar-refractivity contribution in [1.82, 2.24) is 0 Å². The third-order valence-corrected chi connectivity index (χ3v) is 3.66. The first-order chi connectivity index (χ1) is 10.2. The van der Waals surface area contributed by atoms with Gasteiger partial charge < -0.3 is 10.5 Å². The molecular weight excluding hydrogens is 258 g/mol. The lowest BCUT2D eigenvalue weighted by Gasteiger charge is -2.11. The number of rotatable bonds is 4. The largest absolute Gasteiger partial charge is 0.489 e. The van der Waals surface area contributed by atoms with Crippen molar-refractivity contribution in [3.05, 3.63) is 77.9 Å². The number of ether oxygens (including phenoxy) is 1. The van der Waals surface area contributed by atoms with Crippen LogP contribution in [0.1, 0.15) is 24.1 Å². The first-order valence-electron chi connectivity index (χ1n) is 7.19. The molecule has 0 aromatic heterocycles. The van der Waals surface area contributed by atoms with Gasteiger partial charge >= 0.3 is 0 Å². The summed E-state index contributed by atoms with van der Waals surface area (Å²) in [5, 5.41) is 2.48. The minimum absolute atomic E-state index is 0.0195. The van der Waals surface area contributed by atoms with E-state index in [0.29, 0.717) is 6.61 Å². The molecule has 3 rings (SSSR count). The van der Waals surface area contributed by atoms with Crippen molar-refractivity contribution >= 4 is 10.8 Å². The van der Waals surface area contributed by atoms with Crippen molar-refractivity contribution in [3.8, 4) is 5.75 Å². The highest BCUT2D eigenvalue weighted by molar-refractivity contribution is 5.85. The standard InChI is InChI=1S/C19H19NO/c1-14(20)16-8-5-10-18(12-16)21-13-17-9-4-7-15-6-2-3-11-19(15)17/h2-12,14H,13,20H2,1H3. The third-order valence-electron chi connectivity index (χ3n) is 3.66. The van der Waals surface area contributed by atoms with Crippen molar-refractivity contribution in [2.75, 3.05) is 0 Å². The fourth-order valence-corrected chi connectivity index (χ4v) is 2.47. The van der Waals surface area contributed by atoms with E-state index in [9.17, 15) is 0 Å². The number of nitrogens with two attached hydrogens (primary N) is 1. The van der Waals surface area contributed by atoms with E-state index in [1.54, 1.807) is 0 Å². The monoisotopic (exact) mass is 277 g/mol. The fourth-order valence-electron chi connectivity index (χ4n) is 2.47. The average Bonchev–Trinajstić information content (AvgIpc) is 2.53. The topological polar surface area (TPSA) is 35.2 Å². The molecule has 0 radical (unpaired) electrons. The van der Waals surface area contributed by atoms with Crippen LogP contribution in [0.2, 0.25) is 0 Å². The fraction of sp³-hybridized carbons (Fsp3) is 0.158. The van der Waals surface area contributed by atoms with E-state index in [2.05, 4.69) is 42.5 Å². The minimum atomic E-state index is 0.0195. The van der Waals surface area contributed by atoms with Crippen molar-refractivity contribution in [2.24, 2.45) is 5.73 Å². The van der Waals surface area contributed by atoms with Gasteiger partial charge in [-0.2, -0.15) is 0 Å². The molecule has 0 amide bonds. The van der Waals surface area contributed by atoms with Gasteiger partial charge in [0.25, 0.3) is 0 Å². The molecule has 1 unspecified atom stereocenters. The maximum atomic E-state index is 5.94. The molecule has 21 heavy (non-hydrogen) atoms. The van der Waals surface area contributed by atoms with Crippen LogP contribution in [0.5, 0.6) is 5.75 Å². The number of fused-ring (bicyclic) bond motifs is 1. The van der Waals surface area contributed by atoms with E-state index in [1.807, 2.05) is 31.2 Å². The zero-order valence-corrected chi connectivity index (χ0v) is 12.1. The van der Waals surface area contributed by atoms with E-state index in [0.717, 1.165) is 11.3 Å². The summed E-state index contributed by atoms with van der Waals surface area (Å²) in [7, 11) is 0. The molecule has 3 aromatic carbocycles. The van der Waals surface area contributed by atoms with Gasteiger partial charge in [0, 0.05) is 6.04 Å². The Kier molecular flexibility index (Phi) is 3.89. The third kappa shape index (κ3) is 3.06. The van der Waals surface area contributed by atoms with Crippen molar-refractivity contribution < 1.29 is 4.74 Å². The number of hydrogen-bond donors (Lipinski definition) is 1. The van der Waals surface area contributed by atoms with Crippen LogP contribution in [-0.4, -0.2) is 0 Å². The maximum absolute atomic E-state index is 5.94. The second-order valence-corrected chi connectivity index (χ2v) is 5.29. The van der Waals surface area contributed by atoms with Gasteiger partial charge in [-0.15, -0.1) is 0 Å². The first kappa shape index (κ1) is 13.7. The van der Waals surface area contributed by atoms with Crippen molar-refractivity contribution in [3.63, 3.8) is 0 Å². The van der Waals surface area contributed by atoms with E-state index in [1.165, 1.54) is 16.3 Å². The molecule has 0 heterocycles. The van der Waals surface area contributed by atoms with E-state index in [-0.39, 0.29) is 6.04 Å². The van der Waals surface area contributed by atoms with Gasteiger partial charge in [0.2, 0.25) is 0 Å². The Morgan fingerprint density at radius 2 is 1.71 bits per heavy atom. The van der Waals surface area contributed by atoms with Gasteiger partial charge in [-0.1, -0.05) is 54.6 Å². The molecule has 0 aliphatic heterocycles. The predicted octanol–water partition coefficient (Wildman–Crippen LogP) is 4.44. The smallest absolute Gasteiger partial charge is 0.120 e. The Morgan fingerprint density at radius 3 is 2.57 bits per heavy atom. The predicted molar refractivity (Wildman–Crippen MR) is 87.3 cm³/mol. The average molecular weight is 277 g/mol. The van der Waals surface area contributed by atoms with E-state index >= 15 is 0 Å². The molecule has 2 N–H and O–H groups in total. The first-order valence-corrected chi connectivity index (χ1v) is 7.19. The van der Waals surface area contributed by atoms with Gasteiger partial charge in [0.15, 0.2) is 0 Å². The Labute approximate surface area is 125 Å². The van der Waals surface area contributed by atoms with Gasteiger partial charge in [0.05, 0.1) is 0 Å². The summed E-state index contributed by atoms with van der Waals surface area (Å²) in [5.41, 5.74) is 8.19. The minimum Gasteiger partial charge on any atom is -0.489 e. The van der Waals surface area contributed by atoms with Crippen LogP contribution >= 0.6 is 0 Å². The Balaban J connectivity index is 1.82. The zero-order valence-electron chi connectivity index (χ0n) is 12.1. The van der Waals surface area contributed by atoms with Crippen LogP contribution in [0.4, 0.5) is 0 Å². The van der Waals surface area contributed by atoms with Gasteiger partial charge in [-0.05, 0) is 41.0 Å². The van der Waals surface area contributed by atoms with E-state index < -0.39 is 0 Å². The second-order valence-electron chi connectivity index (χ2n) is 5.29. The molecule has 0 fully saturated rings.